The molecule has 2 aliphatic heterocycles. The van der Waals surface area contributed by atoms with E-state index in [9.17, 15) is 23.2 Å². The number of hydrogen-bond acceptors (Lipinski definition) is 7. The molecule has 0 atom stereocenters. The van der Waals surface area contributed by atoms with E-state index in [1.165, 1.54) is 49.2 Å². The lowest BCUT2D eigenvalue weighted by molar-refractivity contribution is -0.126. The van der Waals surface area contributed by atoms with Gasteiger partial charge in [-0.15, -0.1) is 0 Å². The van der Waals surface area contributed by atoms with E-state index in [4.69, 9.17) is 26.2 Å². The van der Waals surface area contributed by atoms with E-state index in [0.29, 0.717) is 44.1 Å². The van der Waals surface area contributed by atoms with E-state index >= 15 is 0 Å². The van der Waals surface area contributed by atoms with Crippen LogP contribution in [0.1, 0.15) is 33.8 Å². The second kappa shape index (κ2) is 14.9. The molecule has 45 heavy (non-hydrogen) atoms. The summed E-state index contributed by atoms with van der Waals surface area (Å²) in [5.41, 5.74) is 0.718. The van der Waals surface area contributed by atoms with Gasteiger partial charge < -0.3 is 35.3 Å². The number of carbonyl (C=O) groups excluding carboxylic acids is 3. The number of ether oxygens (including phenoxy) is 1. The van der Waals surface area contributed by atoms with Gasteiger partial charge in [0.05, 0.1) is 29.6 Å². The van der Waals surface area contributed by atoms with Crippen LogP contribution in [-0.2, 0) is 16.6 Å². The van der Waals surface area contributed by atoms with Crippen molar-refractivity contribution in [1.29, 1.82) is 0 Å². The van der Waals surface area contributed by atoms with Crippen LogP contribution in [0.2, 0.25) is 5.02 Å². The van der Waals surface area contributed by atoms with E-state index in [1.807, 2.05) is 0 Å². The maximum Gasteiger partial charge on any atom is 0.291 e. The number of anilines is 1. The Morgan fingerprint density at radius 1 is 1.16 bits per heavy atom. The summed E-state index contributed by atoms with van der Waals surface area (Å²) >= 11 is 6.44. The number of nitrogens with one attached hydrogen (secondary N) is 3. The third-order valence-electron chi connectivity index (χ3n) is 7.78. The monoisotopic (exact) mass is 646 g/mol. The molecule has 0 bridgehead atoms. The maximum absolute atomic E-state index is 14.6. The van der Waals surface area contributed by atoms with Crippen molar-refractivity contribution in [3.05, 3.63) is 64.6 Å². The van der Waals surface area contributed by atoms with Crippen LogP contribution in [0.4, 0.5) is 14.5 Å². The fraction of sp³-hybridized carbons (Fsp3) is 0.367. The summed E-state index contributed by atoms with van der Waals surface area (Å²) in [4.78, 5) is 52.7. The molecular weight excluding hydrogens is 614 g/mol. The van der Waals surface area contributed by atoms with E-state index in [2.05, 4.69) is 20.9 Å². The molecule has 1 aromatic heterocycles. The first-order valence-electron chi connectivity index (χ1n) is 14.1. The molecular formula is C30H33ClF2N6O6. The minimum absolute atomic E-state index is 0.0354. The molecule has 3 aromatic rings. The van der Waals surface area contributed by atoms with Crippen molar-refractivity contribution in [1.82, 2.24) is 25.1 Å². The van der Waals surface area contributed by atoms with E-state index in [0.717, 1.165) is 13.1 Å². The van der Waals surface area contributed by atoms with Crippen LogP contribution < -0.4 is 20.7 Å². The Bertz CT molecular complexity index is 1570. The van der Waals surface area contributed by atoms with Gasteiger partial charge in [0.1, 0.15) is 0 Å². The predicted octanol–water partition coefficient (Wildman–Crippen LogP) is 3.17. The van der Waals surface area contributed by atoms with Gasteiger partial charge in [0.15, 0.2) is 17.4 Å². The van der Waals surface area contributed by atoms with Gasteiger partial charge in [-0.25, -0.2) is 9.37 Å². The molecule has 5 rings (SSSR count). The lowest BCUT2D eigenvalue weighted by Gasteiger charge is -2.32. The van der Waals surface area contributed by atoms with Gasteiger partial charge in [-0.3, -0.25) is 19.2 Å². The van der Waals surface area contributed by atoms with Crippen LogP contribution in [0.15, 0.2) is 36.5 Å². The number of hydrogen-bond donors (Lipinski definition) is 4. The number of nitrogens with zero attached hydrogens (tertiary/aromatic N) is 3. The average Bonchev–Trinajstić information content (AvgIpc) is 3.38. The molecule has 0 aliphatic carbocycles. The normalized spacial score (nSPS) is 14.9. The van der Waals surface area contributed by atoms with Crippen molar-refractivity contribution in [3.8, 4) is 17.0 Å². The Morgan fingerprint density at radius 3 is 2.44 bits per heavy atom. The number of halogens is 3. The number of benzene rings is 2. The molecule has 0 radical (unpaired) electrons. The zero-order valence-electron chi connectivity index (χ0n) is 24.6. The molecule has 2 fully saturated rings. The molecule has 0 spiro atoms. The minimum atomic E-state index is -1.14. The third kappa shape index (κ3) is 7.57. The maximum atomic E-state index is 14.6. The average molecular weight is 647 g/mol. The van der Waals surface area contributed by atoms with Crippen LogP contribution >= 0.6 is 11.6 Å². The Hall–Kier alpha value is -4.56. The Labute approximate surface area is 262 Å². The number of likely N-dealkylation sites (tertiary alicyclic amines) is 1. The third-order valence-corrected chi connectivity index (χ3v) is 8.09. The molecule has 0 saturated carbocycles. The van der Waals surface area contributed by atoms with Gasteiger partial charge in [0.2, 0.25) is 11.7 Å². The number of imidazole rings is 1. The smallest absolute Gasteiger partial charge is 0.291 e. The number of rotatable bonds is 8. The second-order valence-electron chi connectivity index (χ2n) is 10.6. The molecule has 4 N–H and O–H groups in total. The van der Waals surface area contributed by atoms with Crippen molar-refractivity contribution in [3.63, 3.8) is 0 Å². The molecule has 12 nitrogen and oxygen atoms in total. The first-order valence-corrected chi connectivity index (χ1v) is 14.5. The van der Waals surface area contributed by atoms with Gasteiger partial charge >= 0.3 is 0 Å². The van der Waals surface area contributed by atoms with Crippen molar-refractivity contribution in [2.75, 3.05) is 45.2 Å². The predicted molar refractivity (Wildman–Crippen MR) is 161 cm³/mol. The lowest BCUT2D eigenvalue weighted by Crippen LogP contribution is -2.50. The Kier molecular flexibility index (Phi) is 11.1. The highest BCUT2D eigenvalue weighted by Crippen LogP contribution is 2.30. The van der Waals surface area contributed by atoms with Crippen LogP contribution in [0.5, 0.6) is 5.75 Å². The van der Waals surface area contributed by atoms with Gasteiger partial charge in [-0.05, 0) is 43.2 Å². The van der Waals surface area contributed by atoms with E-state index in [-0.39, 0.29) is 57.6 Å². The lowest BCUT2D eigenvalue weighted by atomic mass is 9.94. The zero-order chi connectivity index (χ0) is 32.7. The fourth-order valence-electron chi connectivity index (χ4n) is 5.11. The van der Waals surface area contributed by atoms with Gasteiger partial charge in [-0.1, -0.05) is 11.6 Å². The number of carbonyl (C=O) groups is 4. The van der Waals surface area contributed by atoms with Crippen LogP contribution in [-0.4, -0.2) is 83.6 Å². The molecule has 2 saturated heterocycles. The number of carboxylic acid groups (broad SMARTS) is 1. The quantitative estimate of drug-likeness (QED) is 0.272. The van der Waals surface area contributed by atoms with Crippen molar-refractivity contribution < 1.29 is 37.8 Å². The molecule has 3 amide bonds. The van der Waals surface area contributed by atoms with Gasteiger partial charge in [0.25, 0.3) is 18.3 Å². The van der Waals surface area contributed by atoms with Gasteiger partial charge in [-0.2, -0.15) is 4.39 Å². The number of methoxy groups -OCH3 is 1. The molecule has 15 heteroatoms. The van der Waals surface area contributed by atoms with E-state index < -0.39 is 17.5 Å². The Balaban J connectivity index is 0.00000148. The summed E-state index contributed by atoms with van der Waals surface area (Å²) in [5, 5.41) is 15.9. The zero-order valence-corrected chi connectivity index (χ0v) is 25.4. The van der Waals surface area contributed by atoms with Crippen LogP contribution in [0.3, 0.4) is 0 Å². The molecule has 0 unspecified atom stereocenters. The van der Waals surface area contributed by atoms with Crippen molar-refractivity contribution in [2.24, 2.45) is 18.9 Å². The Morgan fingerprint density at radius 2 is 1.84 bits per heavy atom. The van der Waals surface area contributed by atoms with Crippen molar-refractivity contribution in [2.45, 2.75) is 12.8 Å². The van der Waals surface area contributed by atoms with Crippen LogP contribution in [0, 0.1) is 23.5 Å². The highest BCUT2D eigenvalue weighted by atomic mass is 35.5. The minimum Gasteiger partial charge on any atom is -0.494 e. The molecule has 240 valence electrons. The number of piperidine rings is 1. The molecule has 2 aliphatic rings. The number of amides is 3. The topological polar surface area (TPSA) is 155 Å². The fourth-order valence-corrected chi connectivity index (χ4v) is 5.37. The molecule has 3 heterocycles. The summed E-state index contributed by atoms with van der Waals surface area (Å²) in [6.45, 7) is 3.16. The summed E-state index contributed by atoms with van der Waals surface area (Å²) in [5.74, 6) is -3.00. The second-order valence-corrected chi connectivity index (χ2v) is 11.0. The van der Waals surface area contributed by atoms with Crippen LogP contribution in [0.25, 0.3) is 11.3 Å². The first kappa shape index (κ1) is 33.3. The highest BCUT2D eigenvalue weighted by Gasteiger charge is 2.29. The summed E-state index contributed by atoms with van der Waals surface area (Å²) in [6, 6.07) is 7.18. The summed E-state index contributed by atoms with van der Waals surface area (Å²) in [7, 11) is 2.74. The van der Waals surface area contributed by atoms with E-state index in [1.54, 1.807) is 11.0 Å². The summed E-state index contributed by atoms with van der Waals surface area (Å²) in [6.07, 6.45) is 2.42. The SMILES string of the molecule is COc1ccc(-c2cnc(C(=O)Nc3ccc(C(=O)N4CCC(C(=O)NCC5CNC5)CC4)c(Cl)c3)n2C)c(F)c1F.O=CO. The summed E-state index contributed by atoms with van der Waals surface area (Å²) < 4.78 is 35.0. The van der Waals surface area contributed by atoms with Crippen molar-refractivity contribution >= 4 is 41.5 Å². The number of aromatic nitrogens is 2. The highest BCUT2D eigenvalue weighted by molar-refractivity contribution is 6.34. The largest absolute Gasteiger partial charge is 0.494 e. The van der Waals surface area contributed by atoms with Gasteiger partial charge in [0, 0.05) is 62.9 Å². The molecule has 2 aromatic carbocycles. The first-order chi connectivity index (χ1) is 21.6. The standard InChI is InChI=1S/C29H31ClF2N6O4.CH2O2/c1-37-22(20-5-6-23(42-2)25(32)24(20)31)15-34-26(37)28(40)36-18-3-4-19(21(30)11-18)29(41)38-9-7-17(8-10-38)27(39)35-14-16-12-33-13-16;2-1-3/h3-6,11,15-17,33H,7-10,12-14H2,1-2H3,(H,35,39)(H,36,40);1H,(H,2,3).